The Balaban J connectivity index is 2.36. The largest absolute Gasteiger partial charge is 0.464 e. The van der Waals surface area contributed by atoms with Gasteiger partial charge < -0.3 is 4.74 Å². The van der Waals surface area contributed by atoms with Gasteiger partial charge in [-0.1, -0.05) is 110 Å². The molecule has 0 saturated carbocycles. The van der Waals surface area contributed by atoms with Gasteiger partial charge in [-0.25, -0.2) is 9.78 Å². The Morgan fingerprint density at radius 3 is 1.67 bits per heavy atom. The van der Waals surface area contributed by atoms with E-state index in [-0.39, 0.29) is 5.97 Å². The molecule has 0 N–H and O–H groups in total. The van der Waals surface area contributed by atoms with Gasteiger partial charge >= 0.3 is 5.97 Å². The predicted molar refractivity (Wildman–Crippen MR) is 128 cm³/mol. The molecule has 0 aliphatic carbocycles. The van der Waals surface area contributed by atoms with Crippen LogP contribution in [0.1, 0.15) is 138 Å². The Labute approximate surface area is 186 Å². The van der Waals surface area contributed by atoms with E-state index >= 15 is 0 Å². The highest BCUT2D eigenvalue weighted by Crippen LogP contribution is 2.17. The van der Waals surface area contributed by atoms with Crippen LogP contribution in [0.25, 0.3) is 0 Å². The number of unbranched alkanes of at least 4 members (excludes halogenated alkanes) is 14. The zero-order valence-corrected chi connectivity index (χ0v) is 20.1. The highest BCUT2D eigenvalue weighted by molar-refractivity contribution is 5.88. The number of hydrogen-bond donors (Lipinski definition) is 0. The molecule has 0 atom stereocenters. The van der Waals surface area contributed by atoms with E-state index < -0.39 is 0 Å². The average molecular weight is 418 g/mol. The van der Waals surface area contributed by atoms with Crippen LogP contribution in [0.3, 0.4) is 0 Å². The van der Waals surface area contributed by atoms with Gasteiger partial charge in [-0.05, 0) is 37.3 Å². The first kappa shape index (κ1) is 26.7. The first-order valence-electron chi connectivity index (χ1n) is 12.8. The number of rotatable bonds is 19. The molecule has 1 aromatic heterocycles. The number of ether oxygens (including phenoxy) is 1. The molecule has 172 valence electrons. The summed E-state index contributed by atoms with van der Waals surface area (Å²) in [5.74, 6) is -0.290. The third-order valence-electron chi connectivity index (χ3n) is 6.00. The Kier molecular flexibility index (Phi) is 16.3. The number of aryl methyl sites for hydroxylation is 2. The summed E-state index contributed by atoms with van der Waals surface area (Å²) < 4.78 is 5.00. The van der Waals surface area contributed by atoms with Crippen molar-refractivity contribution in [2.24, 2.45) is 0 Å². The Bertz CT molecular complexity index is 556. The van der Waals surface area contributed by atoms with Crippen molar-refractivity contribution in [3.8, 4) is 0 Å². The van der Waals surface area contributed by atoms with Crippen LogP contribution in [0.4, 0.5) is 0 Å². The summed E-state index contributed by atoms with van der Waals surface area (Å²) in [6.07, 6.45) is 22.7. The fraction of sp³-hybridized carbons (Fsp3) is 0.778. The number of nitrogens with zero attached hydrogens (tertiary/aromatic N) is 1. The van der Waals surface area contributed by atoms with Gasteiger partial charge in [0.05, 0.1) is 7.11 Å². The summed E-state index contributed by atoms with van der Waals surface area (Å²) in [7, 11) is 1.45. The van der Waals surface area contributed by atoms with Crippen molar-refractivity contribution in [2.75, 3.05) is 7.11 Å². The number of pyridine rings is 1. The van der Waals surface area contributed by atoms with Crippen molar-refractivity contribution in [3.63, 3.8) is 0 Å². The van der Waals surface area contributed by atoms with Crippen molar-refractivity contribution in [3.05, 3.63) is 29.1 Å². The van der Waals surface area contributed by atoms with Gasteiger partial charge in [0.25, 0.3) is 0 Å². The summed E-state index contributed by atoms with van der Waals surface area (Å²) in [6, 6.07) is 4.23. The van der Waals surface area contributed by atoms with Gasteiger partial charge in [-0.15, -0.1) is 0 Å². The van der Waals surface area contributed by atoms with Crippen LogP contribution in [0.5, 0.6) is 0 Å². The maximum absolute atomic E-state index is 12.2. The van der Waals surface area contributed by atoms with Gasteiger partial charge in [0, 0.05) is 5.69 Å². The third kappa shape index (κ3) is 12.3. The molecule has 3 nitrogen and oxygen atoms in total. The van der Waals surface area contributed by atoms with E-state index in [4.69, 9.17) is 4.74 Å². The van der Waals surface area contributed by atoms with E-state index in [0.717, 1.165) is 36.9 Å². The molecule has 0 amide bonds. The van der Waals surface area contributed by atoms with Crippen molar-refractivity contribution >= 4 is 5.97 Å². The zero-order valence-electron chi connectivity index (χ0n) is 20.1. The lowest BCUT2D eigenvalue weighted by Gasteiger charge is -2.10. The summed E-state index contributed by atoms with van der Waals surface area (Å²) in [5.41, 5.74) is 2.62. The Morgan fingerprint density at radius 1 is 0.700 bits per heavy atom. The molecule has 0 bridgehead atoms. The molecule has 3 heteroatoms. The van der Waals surface area contributed by atoms with Gasteiger partial charge in [-0.3, -0.25) is 0 Å². The lowest BCUT2D eigenvalue weighted by Crippen LogP contribution is -2.10. The predicted octanol–water partition coefficient (Wildman–Crippen LogP) is 8.23. The molecule has 0 radical (unpaired) electrons. The fourth-order valence-electron chi connectivity index (χ4n) is 4.03. The number of aromatic nitrogens is 1. The molecule has 0 aromatic carbocycles. The standard InChI is InChI=1S/C27H47NO2/c1-4-6-8-10-12-14-16-18-20-24-22-23-25(28-26(24)27(29)30-3)21-19-17-15-13-11-9-7-5-2/h22-23H,4-21H2,1-3H3. The van der Waals surface area contributed by atoms with Gasteiger partial charge in [0.2, 0.25) is 0 Å². The molecule has 0 spiro atoms. The number of carbonyl (C=O) groups excluding carboxylic acids is 1. The second-order valence-electron chi connectivity index (χ2n) is 8.75. The Hall–Kier alpha value is -1.38. The zero-order chi connectivity index (χ0) is 21.9. The third-order valence-corrected chi connectivity index (χ3v) is 6.00. The van der Waals surface area contributed by atoms with Crippen LogP contribution < -0.4 is 0 Å². The van der Waals surface area contributed by atoms with E-state index in [1.54, 1.807) is 0 Å². The molecular weight excluding hydrogens is 370 g/mol. The van der Waals surface area contributed by atoms with E-state index in [2.05, 4.69) is 31.0 Å². The molecule has 0 fully saturated rings. The second-order valence-corrected chi connectivity index (χ2v) is 8.75. The molecule has 30 heavy (non-hydrogen) atoms. The summed E-state index contributed by atoms with van der Waals surface area (Å²) in [6.45, 7) is 4.52. The van der Waals surface area contributed by atoms with E-state index in [9.17, 15) is 4.79 Å². The molecule has 1 rings (SSSR count). The summed E-state index contributed by atoms with van der Waals surface area (Å²) in [4.78, 5) is 16.9. The van der Waals surface area contributed by atoms with Crippen LogP contribution in [-0.2, 0) is 17.6 Å². The van der Waals surface area contributed by atoms with Crippen LogP contribution in [-0.4, -0.2) is 18.1 Å². The molecule has 1 aromatic rings. The van der Waals surface area contributed by atoms with Crippen LogP contribution >= 0.6 is 0 Å². The first-order valence-corrected chi connectivity index (χ1v) is 12.8. The SMILES string of the molecule is CCCCCCCCCCc1ccc(CCCCCCCCCC)c(C(=O)OC)n1. The minimum atomic E-state index is -0.290. The lowest BCUT2D eigenvalue weighted by molar-refractivity contribution is 0.0592. The lowest BCUT2D eigenvalue weighted by atomic mass is 10.0. The highest BCUT2D eigenvalue weighted by Gasteiger charge is 2.14. The van der Waals surface area contributed by atoms with Crippen molar-refractivity contribution in [1.29, 1.82) is 0 Å². The summed E-state index contributed by atoms with van der Waals surface area (Å²) >= 11 is 0. The van der Waals surface area contributed by atoms with Crippen LogP contribution in [0, 0.1) is 0 Å². The average Bonchev–Trinajstić information content (AvgIpc) is 2.77. The van der Waals surface area contributed by atoms with Crippen LogP contribution in [0.15, 0.2) is 12.1 Å². The van der Waals surface area contributed by atoms with Crippen molar-refractivity contribution < 1.29 is 9.53 Å². The second kappa shape index (κ2) is 18.4. The highest BCUT2D eigenvalue weighted by atomic mass is 16.5. The van der Waals surface area contributed by atoms with E-state index in [1.807, 2.05) is 0 Å². The number of hydrogen-bond acceptors (Lipinski definition) is 3. The van der Waals surface area contributed by atoms with Gasteiger partial charge in [-0.2, -0.15) is 0 Å². The normalized spacial score (nSPS) is 11.0. The number of carbonyl (C=O) groups is 1. The van der Waals surface area contributed by atoms with Gasteiger partial charge in [0.15, 0.2) is 5.69 Å². The number of methoxy groups -OCH3 is 1. The molecule has 0 unspecified atom stereocenters. The minimum Gasteiger partial charge on any atom is -0.464 e. The topological polar surface area (TPSA) is 39.2 Å². The molecule has 0 saturated heterocycles. The van der Waals surface area contributed by atoms with E-state index in [0.29, 0.717) is 5.69 Å². The van der Waals surface area contributed by atoms with Crippen molar-refractivity contribution in [1.82, 2.24) is 4.98 Å². The maximum Gasteiger partial charge on any atom is 0.356 e. The number of esters is 1. The minimum absolute atomic E-state index is 0.290. The molecule has 0 aliphatic rings. The van der Waals surface area contributed by atoms with E-state index in [1.165, 1.54) is 97.0 Å². The maximum atomic E-state index is 12.2. The quantitative estimate of drug-likeness (QED) is 0.168. The smallest absolute Gasteiger partial charge is 0.356 e. The van der Waals surface area contributed by atoms with Gasteiger partial charge in [0.1, 0.15) is 0 Å². The van der Waals surface area contributed by atoms with Crippen molar-refractivity contribution in [2.45, 2.75) is 129 Å². The molecule has 1 heterocycles. The molecular formula is C27H47NO2. The fourth-order valence-corrected chi connectivity index (χ4v) is 4.03. The molecule has 0 aliphatic heterocycles. The monoisotopic (exact) mass is 417 g/mol. The summed E-state index contributed by atoms with van der Waals surface area (Å²) in [5, 5.41) is 0. The Morgan fingerprint density at radius 2 is 1.17 bits per heavy atom. The first-order chi connectivity index (χ1) is 14.7. The van der Waals surface area contributed by atoms with Crippen LogP contribution in [0.2, 0.25) is 0 Å².